The maximum Gasteiger partial charge on any atom is 0.303 e. The number of unbranched alkanes of at least 4 members (excludes halogenated alkanes) is 3. The smallest absolute Gasteiger partial charge is 0.303 e. The van der Waals surface area contributed by atoms with E-state index in [9.17, 15) is 14.7 Å². The lowest BCUT2D eigenvalue weighted by atomic mass is 10.0. The van der Waals surface area contributed by atoms with E-state index < -0.39 is 12.1 Å². The van der Waals surface area contributed by atoms with Gasteiger partial charge in [0.15, 0.2) is 0 Å². The molecule has 2 N–H and O–H groups in total. The first-order valence-electron chi connectivity index (χ1n) is 11.8. The predicted octanol–water partition coefficient (Wildman–Crippen LogP) is 4.50. The molecule has 3 rings (SSSR count). The molecule has 2 aliphatic heterocycles. The van der Waals surface area contributed by atoms with Crippen molar-refractivity contribution in [2.75, 3.05) is 19.8 Å². The van der Waals surface area contributed by atoms with E-state index in [1.54, 1.807) is 6.08 Å². The first-order valence-corrected chi connectivity index (χ1v) is 11.8. The Bertz CT molecular complexity index is 823. The van der Waals surface area contributed by atoms with Crippen molar-refractivity contribution in [1.82, 2.24) is 4.90 Å². The zero-order valence-corrected chi connectivity index (χ0v) is 18.7. The molecule has 2 heterocycles. The number of rotatable bonds is 11. The van der Waals surface area contributed by atoms with Crippen LogP contribution in [-0.2, 0) is 14.3 Å². The van der Waals surface area contributed by atoms with Crippen molar-refractivity contribution in [1.29, 1.82) is 0 Å². The molecule has 2 atom stereocenters. The second kappa shape index (κ2) is 12.6. The molecular weight excluding hydrogens is 406 g/mol. The highest BCUT2D eigenvalue weighted by atomic mass is 16.5. The van der Waals surface area contributed by atoms with E-state index in [2.05, 4.69) is 12.1 Å². The summed E-state index contributed by atoms with van der Waals surface area (Å²) in [6.45, 7) is 2.23. The molecule has 2 fully saturated rings. The van der Waals surface area contributed by atoms with E-state index >= 15 is 0 Å². The van der Waals surface area contributed by atoms with Crippen LogP contribution in [0.1, 0.15) is 75.0 Å². The van der Waals surface area contributed by atoms with Gasteiger partial charge in [-0.1, -0.05) is 54.8 Å². The Morgan fingerprint density at radius 2 is 1.94 bits per heavy atom. The van der Waals surface area contributed by atoms with Gasteiger partial charge in [0, 0.05) is 19.4 Å². The molecule has 0 radical (unpaired) electrons. The van der Waals surface area contributed by atoms with Gasteiger partial charge in [0.25, 0.3) is 0 Å². The van der Waals surface area contributed by atoms with Crippen LogP contribution in [0.4, 0.5) is 0 Å². The summed E-state index contributed by atoms with van der Waals surface area (Å²) in [6.07, 6.45) is 12.0. The Balaban J connectivity index is 1.52. The summed E-state index contributed by atoms with van der Waals surface area (Å²) in [7, 11) is 0. The Morgan fingerprint density at radius 3 is 2.72 bits per heavy atom. The van der Waals surface area contributed by atoms with Crippen LogP contribution in [0.3, 0.4) is 0 Å². The number of ether oxygens (including phenoxy) is 1. The van der Waals surface area contributed by atoms with E-state index in [0.29, 0.717) is 19.4 Å². The van der Waals surface area contributed by atoms with Crippen molar-refractivity contribution in [3.63, 3.8) is 0 Å². The van der Waals surface area contributed by atoms with Crippen molar-refractivity contribution in [3.8, 4) is 0 Å². The van der Waals surface area contributed by atoms with Gasteiger partial charge in [0.1, 0.15) is 0 Å². The second-order valence-electron chi connectivity index (χ2n) is 8.67. The molecule has 1 aromatic carbocycles. The van der Waals surface area contributed by atoms with Crippen LogP contribution in [0, 0.1) is 0 Å². The quantitative estimate of drug-likeness (QED) is 0.390. The zero-order chi connectivity index (χ0) is 22.8. The normalized spacial score (nSPS) is 20.2. The third-order valence-electron chi connectivity index (χ3n) is 6.19. The molecular formula is C26H35NO5. The van der Waals surface area contributed by atoms with Gasteiger partial charge in [-0.2, -0.15) is 0 Å². The second-order valence-corrected chi connectivity index (χ2v) is 8.67. The van der Waals surface area contributed by atoms with Crippen molar-refractivity contribution in [2.45, 2.75) is 69.9 Å². The summed E-state index contributed by atoms with van der Waals surface area (Å²) in [5.74, 6) is -0.598. The SMILES string of the molecule is O=C(O)CCCCCCN1C(=O)CC[C@@H]1C=CC(O)c1cccc(C=C2CCOCC2)c1. The number of hydrogen-bond donors (Lipinski definition) is 2. The van der Waals surface area contributed by atoms with Crippen molar-refractivity contribution < 1.29 is 24.5 Å². The summed E-state index contributed by atoms with van der Waals surface area (Å²) in [4.78, 5) is 24.8. The van der Waals surface area contributed by atoms with E-state index in [1.807, 2.05) is 29.2 Å². The van der Waals surface area contributed by atoms with Crippen LogP contribution in [0.15, 0.2) is 42.0 Å². The fourth-order valence-corrected chi connectivity index (χ4v) is 4.35. The largest absolute Gasteiger partial charge is 0.481 e. The minimum Gasteiger partial charge on any atom is -0.481 e. The molecule has 0 saturated carbocycles. The van der Waals surface area contributed by atoms with Gasteiger partial charge in [-0.05, 0) is 49.3 Å². The monoisotopic (exact) mass is 441 g/mol. The van der Waals surface area contributed by atoms with Crippen molar-refractivity contribution in [3.05, 3.63) is 53.1 Å². The lowest BCUT2D eigenvalue weighted by Crippen LogP contribution is -2.32. The highest BCUT2D eigenvalue weighted by Gasteiger charge is 2.28. The summed E-state index contributed by atoms with van der Waals surface area (Å²) in [5, 5.41) is 19.4. The minimum atomic E-state index is -0.755. The minimum absolute atomic E-state index is 0.0173. The number of carbonyl (C=O) groups excluding carboxylic acids is 1. The van der Waals surface area contributed by atoms with E-state index in [-0.39, 0.29) is 18.4 Å². The third kappa shape index (κ3) is 7.61. The summed E-state index contributed by atoms with van der Waals surface area (Å²) < 4.78 is 5.41. The average molecular weight is 442 g/mol. The number of carbonyl (C=O) groups is 2. The predicted molar refractivity (Wildman–Crippen MR) is 124 cm³/mol. The lowest BCUT2D eigenvalue weighted by molar-refractivity contribution is -0.137. The molecule has 2 aliphatic rings. The lowest BCUT2D eigenvalue weighted by Gasteiger charge is -2.22. The standard InChI is InChI=1S/C26H35NO5/c28-24(22-7-5-6-21(19-22)18-20-13-16-32-17-14-20)11-9-23-10-12-25(29)27(23)15-4-2-1-3-8-26(30)31/h5-7,9,11,18-19,23-24,28H,1-4,8,10,12-17H2,(H,30,31)/t23-,24?/m0/s1. The van der Waals surface area contributed by atoms with Crippen molar-refractivity contribution in [2.24, 2.45) is 0 Å². The van der Waals surface area contributed by atoms with E-state index in [1.165, 1.54) is 5.57 Å². The van der Waals surface area contributed by atoms with Crippen molar-refractivity contribution >= 4 is 18.0 Å². The summed E-state index contributed by atoms with van der Waals surface area (Å²) in [5.41, 5.74) is 3.31. The third-order valence-corrected chi connectivity index (χ3v) is 6.19. The number of carboxylic acids is 1. The number of benzene rings is 1. The number of hydrogen-bond acceptors (Lipinski definition) is 4. The molecule has 0 bridgehead atoms. The van der Waals surface area contributed by atoms with Gasteiger partial charge in [-0.3, -0.25) is 9.59 Å². The number of aliphatic carboxylic acids is 1. The molecule has 1 amide bonds. The van der Waals surface area contributed by atoms with Gasteiger partial charge >= 0.3 is 5.97 Å². The van der Waals surface area contributed by atoms with Crippen LogP contribution in [0.25, 0.3) is 6.08 Å². The molecule has 174 valence electrons. The first kappa shape index (κ1) is 24.2. The first-order chi connectivity index (χ1) is 15.5. The molecule has 6 nitrogen and oxygen atoms in total. The van der Waals surface area contributed by atoms with Crippen LogP contribution in [0.5, 0.6) is 0 Å². The topological polar surface area (TPSA) is 87.1 Å². The van der Waals surface area contributed by atoms with Crippen LogP contribution in [-0.4, -0.2) is 52.8 Å². The van der Waals surface area contributed by atoms with Gasteiger partial charge < -0.3 is 19.8 Å². The van der Waals surface area contributed by atoms with Crippen LogP contribution < -0.4 is 0 Å². The fourth-order valence-electron chi connectivity index (χ4n) is 4.35. The molecule has 32 heavy (non-hydrogen) atoms. The maximum absolute atomic E-state index is 12.3. The molecule has 6 heteroatoms. The van der Waals surface area contributed by atoms with Gasteiger partial charge in [-0.15, -0.1) is 0 Å². The number of carboxylic acid groups (broad SMARTS) is 1. The number of amides is 1. The molecule has 0 aromatic heterocycles. The van der Waals surface area contributed by atoms with E-state index in [0.717, 1.165) is 62.9 Å². The molecule has 1 aromatic rings. The number of aliphatic hydroxyl groups excluding tert-OH is 1. The molecule has 0 aliphatic carbocycles. The fraction of sp³-hybridized carbons (Fsp3) is 0.538. The Morgan fingerprint density at radius 1 is 1.16 bits per heavy atom. The van der Waals surface area contributed by atoms with Crippen LogP contribution >= 0.6 is 0 Å². The summed E-state index contributed by atoms with van der Waals surface area (Å²) in [6, 6.07) is 7.98. The number of aliphatic hydroxyl groups is 1. The van der Waals surface area contributed by atoms with Gasteiger partial charge in [0.05, 0.1) is 25.4 Å². The van der Waals surface area contributed by atoms with Crippen LogP contribution in [0.2, 0.25) is 0 Å². The molecule has 0 spiro atoms. The Kier molecular flexibility index (Phi) is 9.50. The van der Waals surface area contributed by atoms with E-state index in [4.69, 9.17) is 9.84 Å². The van der Waals surface area contributed by atoms with Gasteiger partial charge in [0.2, 0.25) is 5.91 Å². The number of nitrogens with zero attached hydrogens (tertiary/aromatic N) is 1. The Labute approximate surface area is 190 Å². The summed E-state index contributed by atoms with van der Waals surface area (Å²) >= 11 is 0. The Hall–Kier alpha value is -2.44. The molecule has 2 saturated heterocycles. The highest BCUT2D eigenvalue weighted by Crippen LogP contribution is 2.24. The molecule has 1 unspecified atom stereocenters. The average Bonchev–Trinajstić information content (AvgIpc) is 3.14. The maximum atomic E-state index is 12.3. The number of likely N-dealkylation sites (tertiary alicyclic amines) is 1. The zero-order valence-electron chi connectivity index (χ0n) is 18.7. The van der Waals surface area contributed by atoms with Gasteiger partial charge in [-0.25, -0.2) is 0 Å². The highest BCUT2D eigenvalue weighted by molar-refractivity contribution is 5.79.